The first-order chi connectivity index (χ1) is 39.5. The molecule has 3 aliphatic heterocycles. The summed E-state index contributed by atoms with van der Waals surface area (Å²) in [5, 5.41) is 10.8. The highest BCUT2D eigenvalue weighted by molar-refractivity contribution is 7.52. The number of nitrogens with one attached hydrogen (secondary N) is 4. The van der Waals surface area contributed by atoms with E-state index in [0.29, 0.717) is 36.7 Å². The number of carbonyl (C=O) groups is 8. The van der Waals surface area contributed by atoms with Gasteiger partial charge in [0.25, 0.3) is 0 Å². The minimum atomic E-state index is -5.93. The van der Waals surface area contributed by atoms with Gasteiger partial charge in [0.2, 0.25) is 47.3 Å². The highest BCUT2D eigenvalue weighted by Gasteiger charge is 2.51. The molecule has 8 amide bonds. The zero-order valence-electron chi connectivity index (χ0n) is 46.0. The summed E-state index contributed by atoms with van der Waals surface area (Å²) in [7, 11) is -4.30. The maximum absolute atomic E-state index is 15.0. The van der Waals surface area contributed by atoms with Gasteiger partial charge in [0.05, 0.1) is 17.1 Å². The highest BCUT2D eigenvalue weighted by atomic mass is 31.2. The van der Waals surface area contributed by atoms with Crippen LogP contribution in [0.2, 0.25) is 0 Å². The lowest BCUT2D eigenvalue weighted by atomic mass is 9.98. The van der Waals surface area contributed by atoms with Crippen molar-refractivity contribution >= 4 is 71.5 Å². The lowest BCUT2D eigenvalue weighted by Gasteiger charge is -2.39. The third kappa shape index (κ3) is 14.4. The van der Waals surface area contributed by atoms with E-state index in [1.54, 1.807) is 13.1 Å². The van der Waals surface area contributed by atoms with Crippen molar-refractivity contribution in [2.45, 2.75) is 132 Å². The molecule has 1 aromatic heterocycles. The van der Waals surface area contributed by atoms with Crippen LogP contribution in [0.3, 0.4) is 0 Å². The normalized spacial score (nSPS) is 19.2. The van der Waals surface area contributed by atoms with Crippen LogP contribution in [0.1, 0.15) is 124 Å². The highest BCUT2D eigenvalue weighted by Crippen LogP contribution is 2.59. The van der Waals surface area contributed by atoms with Crippen molar-refractivity contribution in [1.82, 2.24) is 40.2 Å². The number of aryl methyl sites for hydroxylation is 2. The average molecular weight is 1160 g/mol. The number of aromatic nitrogens is 2. The smallest absolute Gasteiger partial charge is 0.370 e. The first kappa shape index (κ1) is 60.9. The number of halogens is 2. The minimum absolute atomic E-state index is 0.0199. The second-order valence-electron chi connectivity index (χ2n) is 21.4. The molecule has 3 saturated heterocycles. The van der Waals surface area contributed by atoms with E-state index in [0.717, 1.165) is 53.8 Å². The summed E-state index contributed by atoms with van der Waals surface area (Å²) < 4.78 is 44.1. The summed E-state index contributed by atoms with van der Waals surface area (Å²) in [5.74, 6) is -4.78. The summed E-state index contributed by atoms with van der Waals surface area (Å²) in [6, 6.07) is 22.2. The number of carbonyl (C=O) groups excluding carboxylic acids is 8. The zero-order valence-corrected chi connectivity index (χ0v) is 46.9. The number of hydrogen-bond donors (Lipinski definition) is 7. The van der Waals surface area contributed by atoms with Gasteiger partial charge in [-0.1, -0.05) is 97.8 Å². The molecule has 83 heavy (non-hydrogen) atoms. The second-order valence-corrected chi connectivity index (χ2v) is 23.1. The molecule has 4 aromatic carbocycles. The van der Waals surface area contributed by atoms with E-state index >= 15 is 0 Å². The van der Waals surface area contributed by atoms with Crippen LogP contribution in [0.5, 0.6) is 0 Å². The van der Waals surface area contributed by atoms with Gasteiger partial charge in [-0.05, 0) is 104 Å². The first-order valence-corrected chi connectivity index (χ1v) is 29.3. The van der Waals surface area contributed by atoms with E-state index in [2.05, 4.69) is 21.3 Å². The molecule has 0 radical (unpaired) electrons. The number of unbranched alkanes of at least 4 members (excludes halogenated alkanes) is 3. The monoisotopic (exact) mass is 1160 g/mol. The van der Waals surface area contributed by atoms with E-state index in [-0.39, 0.29) is 86.7 Å². The summed E-state index contributed by atoms with van der Waals surface area (Å²) in [6.45, 7) is 1.24. The van der Waals surface area contributed by atoms with E-state index in [1.165, 1.54) is 31.9 Å². The van der Waals surface area contributed by atoms with Gasteiger partial charge in [-0.25, -0.2) is 4.79 Å². The Morgan fingerprint density at radius 1 is 0.819 bits per heavy atom. The fourth-order valence-corrected chi connectivity index (χ4v) is 11.7. The van der Waals surface area contributed by atoms with Crippen LogP contribution in [-0.2, 0) is 62.1 Å². The molecule has 3 aliphatic rings. The quantitative estimate of drug-likeness (QED) is 0.0211. The summed E-state index contributed by atoms with van der Waals surface area (Å²) in [4.78, 5) is 143. The summed E-state index contributed by atoms with van der Waals surface area (Å²) >= 11 is 0. The molecular weight excluding hydrogens is 1100 g/mol. The zero-order chi connectivity index (χ0) is 59.8. The van der Waals surface area contributed by atoms with E-state index in [4.69, 9.17) is 5.73 Å². The minimum Gasteiger partial charge on any atom is -0.370 e. The number of piperidine rings is 1. The van der Waals surface area contributed by atoms with Gasteiger partial charge in [0.1, 0.15) is 24.2 Å². The molecule has 8 N–H and O–H groups in total. The second kappa shape index (κ2) is 26.4. The lowest BCUT2D eigenvalue weighted by Crippen LogP contribution is -2.62. The van der Waals surface area contributed by atoms with Crippen molar-refractivity contribution in [2.24, 2.45) is 12.8 Å². The Kier molecular flexibility index (Phi) is 19.4. The van der Waals surface area contributed by atoms with Crippen molar-refractivity contribution in [3.05, 3.63) is 148 Å². The number of benzene rings is 4. The van der Waals surface area contributed by atoms with E-state index in [1.807, 2.05) is 72.8 Å². The molecule has 0 saturated carbocycles. The number of hydrogen-bond acceptors (Lipinski definition) is 10. The molecule has 5 atom stereocenters. The number of alkyl halides is 2. The van der Waals surface area contributed by atoms with Crippen molar-refractivity contribution in [3.63, 3.8) is 0 Å². The topological polar surface area (TPSA) is 302 Å². The number of imide groups is 1. The van der Waals surface area contributed by atoms with Crippen LogP contribution in [0.4, 0.5) is 8.78 Å². The number of nitrogens with zero attached hydrogens (tertiary/aromatic N) is 4. The Labute approximate surface area is 477 Å². The molecule has 4 heterocycles. The fourth-order valence-electron chi connectivity index (χ4n) is 11.2. The molecule has 440 valence electrons. The van der Waals surface area contributed by atoms with Gasteiger partial charge < -0.3 is 41.3 Å². The Morgan fingerprint density at radius 2 is 1.51 bits per heavy atom. The third-order valence-electron chi connectivity index (χ3n) is 15.7. The largest absolute Gasteiger partial charge is 0.399 e. The van der Waals surface area contributed by atoms with Crippen LogP contribution in [-0.4, -0.2) is 113 Å². The van der Waals surface area contributed by atoms with Gasteiger partial charge in [-0.3, -0.25) is 57.4 Å². The van der Waals surface area contributed by atoms with Crippen molar-refractivity contribution in [2.75, 3.05) is 13.1 Å². The number of rotatable bonds is 22. The summed E-state index contributed by atoms with van der Waals surface area (Å²) in [6.07, 6.45) is 5.10. The molecule has 8 rings (SSSR count). The molecule has 5 aromatic rings. The number of imidazole rings is 1. The van der Waals surface area contributed by atoms with Crippen LogP contribution in [0.15, 0.2) is 114 Å². The van der Waals surface area contributed by atoms with Gasteiger partial charge in [0.15, 0.2) is 0 Å². The summed E-state index contributed by atoms with van der Waals surface area (Å²) in [5.41, 5.74) is 3.45. The molecule has 1 unspecified atom stereocenters. The predicted molar refractivity (Wildman–Crippen MR) is 301 cm³/mol. The maximum Gasteiger partial charge on any atom is 0.399 e. The number of primary amides is 1. The fraction of sp³-hybridized carbons (Fsp3) is 0.407. The van der Waals surface area contributed by atoms with Gasteiger partial charge >= 0.3 is 18.9 Å². The van der Waals surface area contributed by atoms with Crippen LogP contribution in [0, 0.1) is 0 Å². The molecule has 0 aliphatic carbocycles. The SMILES string of the molecule is C/C(=C\C(=O)N[C@H]1CN(C(=O)CCCCCCc2ccc3c(c2)n(C)c(=O)n3C2CCC(=O)NC2=O)CC[C@H]2CC[C@@H](C(=O)N[C@@H](CCC(N)=O)C(=O)NC(c3ccccc3)c3ccccc3)N2C1=O)c1cccc(C(F)(F)P(=O)(O)O)c1. The first-order valence-electron chi connectivity index (χ1n) is 27.7. The standard InChI is InChI=1S/C59H68F2N9O12P/c1-36(40-19-13-20-41(34-40)59(60,61)83(80,81)82)32-51(73)63-44-35-68(52(74)21-12-4-3-7-14-37-22-25-45-48(33-37)67(2)58(79)70(45)47-27-29-50(72)65-56(47)77)31-30-42-23-26-46(69(42)57(44)78)55(76)64-43(24-28-49(62)71)54(75)66-53(38-15-8-5-9-16-38)39-17-10-6-11-18-39/h5-6,8-11,13,15-20,22,25,32-34,42-44,46-47,53H,3-4,7,12,14,21,23-24,26-31,35H2,1-2H3,(H2,62,71)(H,63,73)(H,64,76)(H,66,75)(H,65,72,77)(H2,80,81,82)/b36-32+/t42-,43+,44+,46+,47?/m1/s1. The Morgan fingerprint density at radius 3 is 2.17 bits per heavy atom. The third-order valence-corrected chi connectivity index (χ3v) is 16.7. The van der Waals surface area contributed by atoms with Crippen LogP contribution >= 0.6 is 7.60 Å². The number of nitrogens with two attached hydrogens (primary N) is 1. The predicted octanol–water partition coefficient (Wildman–Crippen LogP) is 4.87. The van der Waals surface area contributed by atoms with Crippen molar-refractivity contribution < 1.29 is 61.5 Å². The number of amides is 8. The molecule has 0 spiro atoms. The Bertz CT molecular complexity index is 3380. The molecular formula is C59H68F2N9O12P. The number of fused-ring (bicyclic) bond motifs is 2. The molecule has 3 fully saturated rings. The number of allylic oxidation sites excluding steroid dienone is 1. The van der Waals surface area contributed by atoms with Gasteiger partial charge in [-0.15, -0.1) is 0 Å². The van der Waals surface area contributed by atoms with Crippen LogP contribution < -0.4 is 32.7 Å². The molecule has 24 heteroatoms. The Balaban J connectivity index is 0.959. The van der Waals surface area contributed by atoms with Gasteiger partial charge in [0, 0.05) is 57.1 Å². The van der Waals surface area contributed by atoms with E-state index < -0.39 is 90.5 Å². The lowest BCUT2D eigenvalue weighted by molar-refractivity contribution is -0.147. The maximum atomic E-state index is 15.0. The molecule has 21 nitrogen and oxygen atoms in total. The van der Waals surface area contributed by atoms with Crippen molar-refractivity contribution in [3.8, 4) is 0 Å². The van der Waals surface area contributed by atoms with Crippen molar-refractivity contribution in [1.29, 1.82) is 0 Å². The van der Waals surface area contributed by atoms with Gasteiger partial charge in [-0.2, -0.15) is 8.78 Å². The average Bonchev–Trinajstić information content (AvgIpc) is 4.17. The van der Waals surface area contributed by atoms with E-state index in [9.17, 15) is 66.3 Å². The Hall–Kier alpha value is -8.14. The van der Waals surface area contributed by atoms with Crippen LogP contribution in [0.25, 0.3) is 16.6 Å². The molecule has 0 bridgehead atoms.